The van der Waals surface area contributed by atoms with Crippen LogP contribution in [0.4, 0.5) is 4.79 Å². The average Bonchev–Trinajstić information content (AvgIpc) is 2.93. The Balaban J connectivity index is 1.32. The number of aromatic nitrogens is 1. The first-order valence-electron chi connectivity index (χ1n) is 14.2. The molecule has 10 heteroatoms. The second-order valence-corrected chi connectivity index (χ2v) is 12.3. The van der Waals surface area contributed by atoms with Gasteiger partial charge in [0.25, 0.3) is 0 Å². The fourth-order valence-electron chi connectivity index (χ4n) is 5.08. The highest BCUT2D eigenvalue weighted by atomic mass is 32.2. The van der Waals surface area contributed by atoms with Gasteiger partial charge in [0.2, 0.25) is 10.0 Å². The standard InChI is InChI=1S/C27H47N5O4S/c33-27(29-24-25-11-9-14-28-23-25)32(18-10-16-31-19-21-36-22-20-31)17-8-3-1-2-7-15-30-37(34,35)26-12-5-4-6-13-26/h9,11,14,23,26,30H,1-8,10,12-13,15-22,24H2,(H,29,33). The van der Waals surface area contributed by atoms with Crippen molar-refractivity contribution in [2.45, 2.75) is 82.4 Å². The number of amides is 2. The topological polar surface area (TPSA) is 104 Å². The number of nitrogens with zero attached hydrogens (tertiary/aromatic N) is 3. The van der Waals surface area contributed by atoms with Gasteiger partial charge in [0.15, 0.2) is 0 Å². The quantitative estimate of drug-likeness (QED) is 0.313. The highest BCUT2D eigenvalue weighted by Crippen LogP contribution is 2.23. The smallest absolute Gasteiger partial charge is 0.317 e. The first-order valence-corrected chi connectivity index (χ1v) is 15.8. The van der Waals surface area contributed by atoms with Crippen molar-refractivity contribution in [2.24, 2.45) is 0 Å². The molecule has 2 amide bonds. The fourth-order valence-corrected chi connectivity index (χ4v) is 6.70. The third-order valence-electron chi connectivity index (χ3n) is 7.36. The minimum atomic E-state index is -3.16. The summed E-state index contributed by atoms with van der Waals surface area (Å²) in [5, 5.41) is 2.85. The molecule has 0 atom stereocenters. The summed E-state index contributed by atoms with van der Waals surface area (Å²) in [5.41, 5.74) is 0.989. The molecule has 0 aromatic carbocycles. The molecule has 0 bridgehead atoms. The highest BCUT2D eigenvalue weighted by molar-refractivity contribution is 7.90. The van der Waals surface area contributed by atoms with Crippen LogP contribution in [0, 0.1) is 0 Å². The average molecular weight is 538 g/mol. The van der Waals surface area contributed by atoms with Crippen molar-refractivity contribution in [3.63, 3.8) is 0 Å². The molecule has 0 radical (unpaired) electrons. The van der Waals surface area contributed by atoms with Crippen molar-refractivity contribution >= 4 is 16.1 Å². The lowest BCUT2D eigenvalue weighted by Gasteiger charge is -2.28. The molecule has 37 heavy (non-hydrogen) atoms. The third kappa shape index (κ3) is 11.7. The second-order valence-electron chi connectivity index (χ2n) is 10.3. The normalized spacial score (nSPS) is 17.5. The number of hydrogen-bond acceptors (Lipinski definition) is 6. The van der Waals surface area contributed by atoms with Gasteiger partial charge >= 0.3 is 6.03 Å². The van der Waals surface area contributed by atoms with E-state index in [2.05, 4.69) is 19.9 Å². The lowest BCUT2D eigenvalue weighted by molar-refractivity contribution is 0.0365. The van der Waals surface area contributed by atoms with Gasteiger partial charge in [0.05, 0.1) is 18.5 Å². The minimum Gasteiger partial charge on any atom is -0.379 e. The molecule has 1 saturated carbocycles. The monoisotopic (exact) mass is 537 g/mol. The molecule has 2 N–H and O–H groups in total. The molecule has 1 aromatic rings. The number of carbonyl (C=O) groups excluding carboxylic acids is 1. The number of hydrogen-bond donors (Lipinski definition) is 2. The molecule has 3 rings (SSSR count). The number of morpholine rings is 1. The second kappa shape index (κ2) is 17.0. The van der Waals surface area contributed by atoms with E-state index in [9.17, 15) is 13.2 Å². The van der Waals surface area contributed by atoms with Gasteiger partial charge in [-0.1, -0.05) is 44.6 Å². The molecule has 9 nitrogen and oxygen atoms in total. The van der Waals surface area contributed by atoms with Crippen molar-refractivity contribution in [1.29, 1.82) is 0 Å². The number of rotatable bonds is 16. The number of pyridine rings is 1. The molecule has 0 unspecified atom stereocenters. The summed E-state index contributed by atoms with van der Waals surface area (Å²) in [7, 11) is -3.16. The van der Waals surface area contributed by atoms with Crippen molar-refractivity contribution in [1.82, 2.24) is 24.8 Å². The van der Waals surface area contributed by atoms with Gasteiger partial charge in [0.1, 0.15) is 0 Å². The summed E-state index contributed by atoms with van der Waals surface area (Å²) in [6, 6.07) is 3.82. The van der Waals surface area contributed by atoms with Crippen LogP contribution < -0.4 is 10.0 Å². The van der Waals surface area contributed by atoms with Crippen LogP contribution in [-0.4, -0.2) is 87.0 Å². The summed E-state index contributed by atoms with van der Waals surface area (Å²) < 4.78 is 33.1. The summed E-state index contributed by atoms with van der Waals surface area (Å²) in [5.74, 6) is 0. The molecule has 210 valence electrons. The van der Waals surface area contributed by atoms with Crippen LogP contribution in [0.5, 0.6) is 0 Å². The number of unbranched alkanes of at least 4 members (excludes halogenated alkanes) is 4. The maximum absolute atomic E-state index is 12.9. The van der Waals surface area contributed by atoms with Crippen molar-refractivity contribution in [3.8, 4) is 0 Å². The molecule has 2 aliphatic rings. The summed E-state index contributed by atoms with van der Waals surface area (Å²) >= 11 is 0. The Hall–Kier alpha value is -1.75. The van der Waals surface area contributed by atoms with Crippen LogP contribution in [-0.2, 0) is 21.3 Å². The molecule has 1 aliphatic heterocycles. The van der Waals surface area contributed by atoms with Crippen LogP contribution in [0.2, 0.25) is 0 Å². The Labute approximate surface area is 223 Å². The highest BCUT2D eigenvalue weighted by Gasteiger charge is 2.26. The number of nitrogens with one attached hydrogen (secondary N) is 2. The summed E-state index contributed by atoms with van der Waals surface area (Å²) in [6.07, 6.45) is 14.1. The Morgan fingerprint density at radius 2 is 1.76 bits per heavy atom. The van der Waals surface area contributed by atoms with E-state index >= 15 is 0 Å². The third-order valence-corrected chi connectivity index (χ3v) is 9.31. The lowest BCUT2D eigenvalue weighted by atomic mass is 10.0. The molecule has 1 saturated heterocycles. The number of sulfonamides is 1. The fraction of sp³-hybridized carbons (Fsp3) is 0.778. The molecular weight excluding hydrogens is 490 g/mol. The van der Waals surface area contributed by atoms with E-state index < -0.39 is 10.0 Å². The lowest BCUT2D eigenvalue weighted by Crippen LogP contribution is -2.42. The molecule has 0 spiro atoms. The van der Waals surface area contributed by atoms with Crippen LogP contribution in [0.1, 0.15) is 76.2 Å². The Kier molecular flexibility index (Phi) is 13.7. The summed E-state index contributed by atoms with van der Waals surface area (Å²) in [4.78, 5) is 21.4. The number of urea groups is 1. The molecule has 2 heterocycles. The van der Waals surface area contributed by atoms with Crippen LogP contribution in [0.15, 0.2) is 24.5 Å². The van der Waals surface area contributed by atoms with Crippen molar-refractivity contribution in [2.75, 3.05) is 52.5 Å². The van der Waals surface area contributed by atoms with Gasteiger partial charge in [-0.2, -0.15) is 0 Å². The SMILES string of the molecule is O=C(NCc1cccnc1)N(CCCCCCCNS(=O)(=O)C1CCCCC1)CCCN1CCOCC1. The van der Waals surface area contributed by atoms with Gasteiger partial charge in [-0.25, -0.2) is 17.9 Å². The maximum atomic E-state index is 12.9. The molecule has 1 aromatic heterocycles. The zero-order chi connectivity index (χ0) is 26.2. The first-order chi connectivity index (χ1) is 18.0. The first kappa shape index (κ1) is 29.8. The molecule has 1 aliphatic carbocycles. The van der Waals surface area contributed by atoms with Gasteiger partial charge in [-0.15, -0.1) is 0 Å². The van der Waals surface area contributed by atoms with E-state index in [1.807, 2.05) is 17.0 Å². The van der Waals surface area contributed by atoms with E-state index in [-0.39, 0.29) is 11.3 Å². The van der Waals surface area contributed by atoms with E-state index in [4.69, 9.17) is 4.74 Å². The van der Waals surface area contributed by atoms with E-state index in [1.54, 1.807) is 12.4 Å². The van der Waals surface area contributed by atoms with Gasteiger partial charge in [0, 0.05) is 58.2 Å². The van der Waals surface area contributed by atoms with Gasteiger partial charge < -0.3 is 15.0 Å². The number of carbonyl (C=O) groups is 1. The van der Waals surface area contributed by atoms with Crippen molar-refractivity contribution < 1.29 is 17.9 Å². The Bertz CT molecular complexity index is 859. The predicted octanol–water partition coefficient (Wildman–Crippen LogP) is 3.52. The Morgan fingerprint density at radius 1 is 1.03 bits per heavy atom. The number of ether oxygens (including phenoxy) is 1. The van der Waals surface area contributed by atoms with Crippen LogP contribution in [0.25, 0.3) is 0 Å². The van der Waals surface area contributed by atoms with Gasteiger partial charge in [-0.05, 0) is 43.7 Å². The maximum Gasteiger partial charge on any atom is 0.317 e. The summed E-state index contributed by atoms with van der Waals surface area (Å²) in [6.45, 7) is 6.96. The van der Waals surface area contributed by atoms with E-state index in [0.29, 0.717) is 13.1 Å². The molecular formula is C27H47N5O4S. The van der Waals surface area contributed by atoms with Gasteiger partial charge in [-0.3, -0.25) is 9.88 Å². The van der Waals surface area contributed by atoms with E-state index in [1.165, 1.54) is 0 Å². The van der Waals surface area contributed by atoms with Crippen molar-refractivity contribution in [3.05, 3.63) is 30.1 Å². The predicted molar refractivity (Wildman–Crippen MR) is 147 cm³/mol. The van der Waals surface area contributed by atoms with Crippen LogP contribution in [0.3, 0.4) is 0 Å². The zero-order valence-electron chi connectivity index (χ0n) is 22.4. The zero-order valence-corrected chi connectivity index (χ0v) is 23.2. The molecule has 2 fully saturated rings. The minimum absolute atomic E-state index is 0.0250. The van der Waals surface area contributed by atoms with E-state index in [0.717, 1.165) is 122 Å². The van der Waals surface area contributed by atoms with Crippen LogP contribution >= 0.6 is 0 Å². The largest absolute Gasteiger partial charge is 0.379 e. The Morgan fingerprint density at radius 3 is 2.51 bits per heavy atom.